The second kappa shape index (κ2) is 11.6. The fraction of sp³-hybridized carbons (Fsp3) is 0.300. The molecule has 1 aliphatic heterocycles. The summed E-state index contributed by atoms with van der Waals surface area (Å²) in [5.74, 6) is -5.01. The van der Waals surface area contributed by atoms with Crippen molar-refractivity contribution in [1.82, 2.24) is 40.0 Å². The third kappa shape index (κ3) is 5.78. The topological polar surface area (TPSA) is 135 Å². The van der Waals surface area contributed by atoms with Gasteiger partial charge in [-0.25, -0.2) is 13.8 Å². The zero-order valence-corrected chi connectivity index (χ0v) is 23.9. The molecule has 2 aliphatic rings. The van der Waals surface area contributed by atoms with E-state index < -0.39 is 36.8 Å². The number of amides is 2. The standard InChI is InChI=1S/C30H25F4N9O3/c31-29(32)43-39-25(38-40-43)24(17-4-2-1-3-5-17)41-10-12-42(13-11-41)28(45)22-14-18(8-9-35-22)27-37-21-15-19(6-7-23(21)46-27)36-26(44)20-16-30(20,33)34/h1-9,14-15,20,24,29H,10-13,16H2,(H,36,44). The highest BCUT2D eigenvalue weighted by molar-refractivity contribution is 5.97. The Labute approximate surface area is 258 Å². The van der Waals surface area contributed by atoms with Crippen LogP contribution >= 0.6 is 0 Å². The van der Waals surface area contributed by atoms with E-state index in [9.17, 15) is 27.2 Å². The first-order valence-corrected chi connectivity index (χ1v) is 14.4. The number of hydrogen-bond acceptors (Lipinski definition) is 9. The molecule has 2 fully saturated rings. The van der Waals surface area contributed by atoms with Crippen LogP contribution in [0.4, 0.5) is 23.2 Å². The van der Waals surface area contributed by atoms with Crippen molar-refractivity contribution in [2.24, 2.45) is 5.92 Å². The minimum atomic E-state index is -2.97. The fourth-order valence-electron chi connectivity index (χ4n) is 5.47. The summed E-state index contributed by atoms with van der Waals surface area (Å²) in [7, 11) is 0. The molecule has 3 aromatic heterocycles. The number of halogens is 4. The van der Waals surface area contributed by atoms with Gasteiger partial charge >= 0.3 is 6.55 Å². The lowest BCUT2D eigenvalue weighted by atomic mass is 10.0. The molecule has 1 saturated heterocycles. The van der Waals surface area contributed by atoms with E-state index in [1.165, 1.54) is 18.3 Å². The molecular weight excluding hydrogens is 610 g/mol. The molecule has 1 saturated carbocycles. The summed E-state index contributed by atoms with van der Waals surface area (Å²) in [5.41, 5.74) is 2.59. The van der Waals surface area contributed by atoms with Crippen molar-refractivity contribution in [2.45, 2.75) is 24.9 Å². The van der Waals surface area contributed by atoms with E-state index in [0.717, 1.165) is 5.56 Å². The molecule has 236 valence electrons. The van der Waals surface area contributed by atoms with Gasteiger partial charge in [-0.05, 0) is 41.1 Å². The first-order chi connectivity index (χ1) is 22.2. The first kappa shape index (κ1) is 29.5. The number of piperazine rings is 1. The molecule has 16 heteroatoms. The molecule has 0 radical (unpaired) electrons. The SMILES string of the molecule is O=C(Nc1ccc2oc(-c3ccnc(C(=O)N4CCN(C(c5ccccc5)c5nnn(C(F)F)n5)CC4)c3)nc2c1)C1CC1(F)F. The van der Waals surface area contributed by atoms with Crippen LogP contribution in [-0.2, 0) is 4.79 Å². The highest BCUT2D eigenvalue weighted by atomic mass is 19.3. The lowest BCUT2D eigenvalue weighted by Gasteiger charge is -2.38. The Bertz CT molecular complexity index is 1910. The number of aromatic nitrogens is 6. The average Bonchev–Trinajstić information content (AvgIpc) is 3.39. The predicted molar refractivity (Wildman–Crippen MR) is 154 cm³/mol. The van der Waals surface area contributed by atoms with Crippen LogP contribution in [0.1, 0.15) is 40.9 Å². The van der Waals surface area contributed by atoms with Crippen molar-refractivity contribution < 1.29 is 31.6 Å². The summed E-state index contributed by atoms with van der Waals surface area (Å²) in [6, 6.07) is 16.6. The number of carbonyl (C=O) groups is 2. The van der Waals surface area contributed by atoms with Gasteiger partial charge in [-0.3, -0.25) is 19.5 Å². The summed E-state index contributed by atoms with van der Waals surface area (Å²) >= 11 is 0. The number of rotatable bonds is 8. The second-order valence-electron chi connectivity index (χ2n) is 11.0. The van der Waals surface area contributed by atoms with Gasteiger partial charge in [0, 0.05) is 50.0 Å². The maximum atomic E-state index is 13.5. The molecule has 1 N–H and O–H groups in total. The lowest BCUT2D eigenvalue weighted by Crippen LogP contribution is -2.50. The predicted octanol–water partition coefficient (Wildman–Crippen LogP) is 4.41. The van der Waals surface area contributed by atoms with Crippen molar-refractivity contribution in [3.8, 4) is 11.5 Å². The number of oxazole rings is 1. The van der Waals surface area contributed by atoms with Crippen LogP contribution in [0.25, 0.3) is 22.6 Å². The van der Waals surface area contributed by atoms with E-state index >= 15 is 0 Å². The number of alkyl halides is 4. The molecule has 5 aromatic rings. The van der Waals surface area contributed by atoms with Crippen LogP contribution in [0, 0.1) is 5.92 Å². The van der Waals surface area contributed by atoms with E-state index in [4.69, 9.17) is 4.42 Å². The van der Waals surface area contributed by atoms with Gasteiger partial charge in [0.05, 0.1) is 6.04 Å². The number of anilines is 1. The molecular formula is C30H25F4N9O3. The Balaban J connectivity index is 1.04. The maximum Gasteiger partial charge on any atom is 0.350 e. The molecule has 2 aromatic carbocycles. The van der Waals surface area contributed by atoms with Gasteiger partial charge in [-0.1, -0.05) is 35.1 Å². The highest BCUT2D eigenvalue weighted by Gasteiger charge is 2.61. The van der Waals surface area contributed by atoms with Crippen molar-refractivity contribution in [3.05, 3.63) is 83.9 Å². The Morgan fingerprint density at radius 3 is 2.46 bits per heavy atom. The van der Waals surface area contributed by atoms with Crippen molar-refractivity contribution in [1.29, 1.82) is 0 Å². The number of carbonyl (C=O) groups excluding carboxylic acids is 2. The summed E-state index contributed by atoms with van der Waals surface area (Å²) < 4.78 is 58.7. The summed E-state index contributed by atoms with van der Waals surface area (Å²) in [6.07, 6.45) is 1.01. The first-order valence-electron chi connectivity index (χ1n) is 14.4. The van der Waals surface area contributed by atoms with Crippen molar-refractivity contribution in [2.75, 3.05) is 31.5 Å². The molecule has 2 atom stereocenters. The number of nitrogens with zero attached hydrogens (tertiary/aromatic N) is 8. The molecule has 12 nitrogen and oxygen atoms in total. The summed E-state index contributed by atoms with van der Waals surface area (Å²) in [6.45, 7) is -1.42. The van der Waals surface area contributed by atoms with Crippen LogP contribution in [-0.4, -0.2) is 83.9 Å². The Hall–Kier alpha value is -5.25. The molecule has 7 rings (SSSR count). The van der Waals surface area contributed by atoms with Crippen LogP contribution in [0.2, 0.25) is 0 Å². The zero-order chi connectivity index (χ0) is 32.0. The molecule has 0 spiro atoms. The minimum absolute atomic E-state index is 0.137. The average molecular weight is 636 g/mol. The third-order valence-corrected chi connectivity index (χ3v) is 7.97. The van der Waals surface area contributed by atoms with Gasteiger partial charge in [-0.15, -0.1) is 10.2 Å². The normalized spacial score (nSPS) is 18.5. The van der Waals surface area contributed by atoms with E-state index in [-0.39, 0.29) is 28.1 Å². The molecule has 46 heavy (non-hydrogen) atoms. The van der Waals surface area contributed by atoms with Crippen LogP contribution in [0.5, 0.6) is 0 Å². The Morgan fingerprint density at radius 1 is 1.00 bits per heavy atom. The summed E-state index contributed by atoms with van der Waals surface area (Å²) in [4.78, 5) is 38.2. The van der Waals surface area contributed by atoms with E-state index in [0.29, 0.717) is 48.5 Å². The maximum absolute atomic E-state index is 13.5. The number of fused-ring (bicyclic) bond motifs is 1. The van der Waals surface area contributed by atoms with Crippen LogP contribution < -0.4 is 5.32 Å². The van der Waals surface area contributed by atoms with Crippen LogP contribution in [0.15, 0.2) is 71.3 Å². The van der Waals surface area contributed by atoms with E-state index in [1.807, 2.05) is 35.2 Å². The van der Waals surface area contributed by atoms with Gasteiger partial charge in [0.25, 0.3) is 11.8 Å². The molecule has 2 amide bonds. The Morgan fingerprint density at radius 2 is 1.76 bits per heavy atom. The van der Waals surface area contributed by atoms with E-state index in [2.05, 4.69) is 30.7 Å². The molecule has 2 unspecified atom stereocenters. The smallest absolute Gasteiger partial charge is 0.350 e. The van der Waals surface area contributed by atoms with Gasteiger partial charge in [0.1, 0.15) is 17.1 Å². The molecule has 1 aliphatic carbocycles. The summed E-state index contributed by atoms with van der Waals surface area (Å²) in [5, 5.41) is 13.8. The number of hydrogen-bond donors (Lipinski definition) is 1. The highest BCUT2D eigenvalue weighted by Crippen LogP contribution is 2.49. The Kier molecular flexibility index (Phi) is 7.43. The minimum Gasteiger partial charge on any atom is -0.436 e. The largest absolute Gasteiger partial charge is 0.436 e. The third-order valence-electron chi connectivity index (χ3n) is 7.97. The van der Waals surface area contributed by atoms with Gasteiger partial charge in [-0.2, -0.15) is 8.78 Å². The van der Waals surface area contributed by atoms with Gasteiger partial charge < -0.3 is 14.6 Å². The molecule has 4 heterocycles. The monoisotopic (exact) mass is 635 g/mol. The number of pyridine rings is 1. The fourth-order valence-corrected chi connectivity index (χ4v) is 5.47. The second-order valence-corrected chi connectivity index (χ2v) is 11.0. The number of tetrazole rings is 1. The van der Waals surface area contributed by atoms with Crippen molar-refractivity contribution >= 4 is 28.6 Å². The molecule has 0 bridgehead atoms. The lowest BCUT2D eigenvalue weighted by molar-refractivity contribution is -0.119. The number of nitrogens with one attached hydrogen (secondary N) is 1. The zero-order valence-electron chi connectivity index (χ0n) is 23.9. The van der Waals surface area contributed by atoms with Gasteiger partial charge in [0.15, 0.2) is 11.4 Å². The quantitative estimate of drug-likeness (QED) is 0.246. The van der Waals surface area contributed by atoms with Gasteiger partial charge in [0.2, 0.25) is 11.8 Å². The van der Waals surface area contributed by atoms with E-state index in [1.54, 1.807) is 23.1 Å². The van der Waals surface area contributed by atoms with Crippen molar-refractivity contribution in [3.63, 3.8) is 0 Å². The van der Waals surface area contributed by atoms with Crippen LogP contribution in [0.3, 0.4) is 0 Å². The number of benzene rings is 2.